The molecule has 0 aliphatic heterocycles. The highest BCUT2D eigenvalue weighted by molar-refractivity contribution is 6.21. The molecule has 0 aromatic heterocycles. The van der Waals surface area contributed by atoms with Crippen LogP contribution in [0.1, 0.15) is 69.0 Å². The van der Waals surface area contributed by atoms with Crippen LogP contribution in [-0.4, -0.2) is 0 Å². The van der Waals surface area contributed by atoms with Gasteiger partial charge in [0.2, 0.25) is 0 Å². The van der Waals surface area contributed by atoms with Crippen LogP contribution in [0, 0.1) is 11.3 Å². The average Bonchev–Trinajstić information content (AvgIpc) is 2.76. The van der Waals surface area contributed by atoms with Crippen LogP contribution in [0.4, 0.5) is 0 Å². The standard InChI is InChI=1S/C18H27Cl/c1-5-13-9-10-15(12-14(13)6-2)17(19)16-8-7-11-18(16,3)4/h9-10,12,16-17H,5-8,11H2,1-4H3. The SMILES string of the molecule is CCc1ccc(C(Cl)C2CCCC2(C)C)cc1CC. The third kappa shape index (κ3) is 2.99. The van der Waals surface area contributed by atoms with Crippen molar-refractivity contribution in [2.45, 2.75) is 65.2 Å². The van der Waals surface area contributed by atoms with E-state index in [1.54, 1.807) is 0 Å². The summed E-state index contributed by atoms with van der Waals surface area (Å²) < 4.78 is 0. The van der Waals surface area contributed by atoms with Gasteiger partial charge in [-0.2, -0.15) is 0 Å². The lowest BCUT2D eigenvalue weighted by atomic mass is 9.78. The monoisotopic (exact) mass is 278 g/mol. The highest BCUT2D eigenvalue weighted by Crippen LogP contribution is 2.51. The minimum atomic E-state index is 0.175. The Hall–Kier alpha value is -0.490. The zero-order chi connectivity index (χ0) is 14.0. The van der Waals surface area contributed by atoms with Crippen LogP contribution in [0.15, 0.2) is 18.2 Å². The average molecular weight is 279 g/mol. The Balaban J connectivity index is 2.26. The van der Waals surface area contributed by atoms with Gasteiger partial charge in [0.15, 0.2) is 0 Å². The fourth-order valence-corrected chi connectivity index (χ4v) is 4.22. The Kier molecular flexibility index (Phi) is 4.61. The maximum atomic E-state index is 6.82. The van der Waals surface area contributed by atoms with Crippen LogP contribution < -0.4 is 0 Å². The summed E-state index contributed by atoms with van der Waals surface area (Å²) in [5.74, 6) is 0.617. The van der Waals surface area contributed by atoms with Crippen LogP contribution in [0.5, 0.6) is 0 Å². The topological polar surface area (TPSA) is 0 Å². The van der Waals surface area contributed by atoms with Crippen molar-refractivity contribution in [1.29, 1.82) is 0 Å². The van der Waals surface area contributed by atoms with Gasteiger partial charge in [-0.1, -0.05) is 52.3 Å². The molecule has 0 bridgehead atoms. The van der Waals surface area contributed by atoms with Crippen molar-refractivity contribution in [2.75, 3.05) is 0 Å². The summed E-state index contributed by atoms with van der Waals surface area (Å²) >= 11 is 6.82. The molecule has 1 fully saturated rings. The quantitative estimate of drug-likeness (QED) is 0.600. The minimum Gasteiger partial charge on any atom is -0.117 e. The fourth-order valence-electron chi connectivity index (χ4n) is 3.62. The van der Waals surface area contributed by atoms with Crippen molar-refractivity contribution >= 4 is 11.6 Å². The first-order valence-corrected chi connectivity index (χ1v) is 8.19. The van der Waals surface area contributed by atoms with Crippen molar-refractivity contribution in [3.8, 4) is 0 Å². The molecule has 1 saturated carbocycles. The lowest BCUT2D eigenvalue weighted by molar-refractivity contribution is 0.252. The summed E-state index contributed by atoms with van der Waals surface area (Å²) in [5, 5.41) is 0.175. The van der Waals surface area contributed by atoms with Crippen LogP contribution in [0.3, 0.4) is 0 Å². The molecule has 1 aromatic rings. The van der Waals surface area contributed by atoms with E-state index in [-0.39, 0.29) is 5.38 Å². The third-order valence-corrected chi connectivity index (χ3v) is 5.56. The van der Waals surface area contributed by atoms with Crippen molar-refractivity contribution in [3.05, 3.63) is 34.9 Å². The number of aryl methyl sites for hydroxylation is 2. The van der Waals surface area contributed by atoms with Gasteiger partial charge in [-0.05, 0) is 53.7 Å². The van der Waals surface area contributed by atoms with E-state index in [4.69, 9.17) is 11.6 Å². The Morgan fingerprint density at radius 2 is 1.89 bits per heavy atom. The van der Waals surface area contributed by atoms with E-state index >= 15 is 0 Å². The normalized spacial score (nSPS) is 23.5. The van der Waals surface area contributed by atoms with Crippen molar-refractivity contribution in [1.82, 2.24) is 0 Å². The molecule has 106 valence electrons. The Morgan fingerprint density at radius 1 is 1.21 bits per heavy atom. The van der Waals surface area contributed by atoms with E-state index in [1.165, 1.54) is 36.0 Å². The van der Waals surface area contributed by atoms with E-state index in [9.17, 15) is 0 Å². The molecule has 2 rings (SSSR count). The third-order valence-electron chi connectivity index (χ3n) is 5.00. The highest BCUT2D eigenvalue weighted by Gasteiger charge is 2.39. The van der Waals surface area contributed by atoms with Gasteiger partial charge in [0.05, 0.1) is 5.38 Å². The van der Waals surface area contributed by atoms with Crippen molar-refractivity contribution in [3.63, 3.8) is 0 Å². The molecule has 2 unspecified atom stereocenters. The summed E-state index contributed by atoms with van der Waals surface area (Å²) in [6, 6.07) is 6.89. The lowest BCUT2D eigenvalue weighted by Crippen LogP contribution is -2.21. The van der Waals surface area contributed by atoms with Gasteiger partial charge < -0.3 is 0 Å². The molecular weight excluding hydrogens is 252 g/mol. The molecule has 0 amide bonds. The predicted octanol–water partition coefficient (Wildman–Crippen LogP) is 5.92. The molecule has 0 spiro atoms. The molecule has 1 heteroatoms. The first kappa shape index (κ1) is 14.9. The first-order valence-electron chi connectivity index (χ1n) is 7.75. The number of alkyl halides is 1. The molecule has 1 aromatic carbocycles. The molecule has 0 saturated heterocycles. The van der Waals surface area contributed by atoms with Gasteiger partial charge in [-0.25, -0.2) is 0 Å². The number of hydrogen-bond acceptors (Lipinski definition) is 0. The Labute approximate surface area is 123 Å². The van der Waals surface area contributed by atoms with Gasteiger partial charge in [-0.3, -0.25) is 0 Å². The van der Waals surface area contributed by atoms with E-state index in [0.717, 1.165) is 12.8 Å². The van der Waals surface area contributed by atoms with Crippen molar-refractivity contribution < 1.29 is 0 Å². The predicted molar refractivity (Wildman–Crippen MR) is 84.9 cm³/mol. The summed E-state index contributed by atoms with van der Waals surface area (Å²) in [4.78, 5) is 0. The number of benzene rings is 1. The van der Waals surface area contributed by atoms with Crippen LogP contribution >= 0.6 is 11.6 Å². The van der Waals surface area contributed by atoms with Gasteiger partial charge >= 0.3 is 0 Å². The second-order valence-electron chi connectivity index (χ2n) is 6.62. The van der Waals surface area contributed by atoms with Crippen LogP contribution in [-0.2, 0) is 12.8 Å². The Morgan fingerprint density at radius 3 is 2.42 bits per heavy atom. The van der Waals surface area contributed by atoms with E-state index in [0.29, 0.717) is 11.3 Å². The second kappa shape index (κ2) is 5.87. The number of hydrogen-bond donors (Lipinski definition) is 0. The fraction of sp³-hybridized carbons (Fsp3) is 0.667. The zero-order valence-electron chi connectivity index (χ0n) is 12.8. The van der Waals surface area contributed by atoms with Gasteiger partial charge in [0.1, 0.15) is 0 Å². The number of halogens is 1. The summed E-state index contributed by atoms with van der Waals surface area (Å²) in [5.41, 5.74) is 4.67. The second-order valence-corrected chi connectivity index (χ2v) is 7.09. The summed E-state index contributed by atoms with van der Waals surface area (Å²) in [6.07, 6.45) is 6.14. The highest BCUT2D eigenvalue weighted by atomic mass is 35.5. The van der Waals surface area contributed by atoms with E-state index < -0.39 is 0 Å². The molecule has 19 heavy (non-hydrogen) atoms. The molecule has 0 radical (unpaired) electrons. The Bertz CT molecular complexity index is 433. The maximum Gasteiger partial charge on any atom is 0.0618 e. The zero-order valence-corrected chi connectivity index (χ0v) is 13.6. The number of rotatable bonds is 4. The van der Waals surface area contributed by atoms with E-state index in [2.05, 4.69) is 45.9 Å². The molecule has 2 atom stereocenters. The molecule has 0 nitrogen and oxygen atoms in total. The lowest BCUT2D eigenvalue weighted by Gasteiger charge is -2.31. The van der Waals surface area contributed by atoms with Gasteiger partial charge in [0.25, 0.3) is 0 Å². The van der Waals surface area contributed by atoms with Gasteiger partial charge in [0, 0.05) is 0 Å². The first-order chi connectivity index (χ1) is 8.99. The minimum absolute atomic E-state index is 0.175. The molecular formula is C18H27Cl. The largest absolute Gasteiger partial charge is 0.117 e. The van der Waals surface area contributed by atoms with Gasteiger partial charge in [-0.15, -0.1) is 11.6 Å². The van der Waals surface area contributed by atoms with E-state index in [1.807, 2.05) is 0 Å². The smallest absolute Gasteiger partial charge is 0.0618 e. The van der Waals surface area contributed by atoms with Crippen molar-refractivity contribution in [2.24, 2.45) is 11.3 Å². The summed E-state index contributed by atoms with van der Waals surface area (Å²) in [7, 11) is 0. The molecule has 1 aliphatic rings. The van der Waals surface area contributed by atoms with Crippen LogP contribution in [0.2, 0.25) is 0 Å². The summed E-state index contributed by atoms with van der Waals surface area (Å²) in [6.45, 7) is 9.22. The molecule has 0 heterocycles. The molecule has 1 aliphatic carbocycles. The maximum absolute atomic E-state index is 6.82. The van der Waals surface area contributed by atoms with Crippen LogP contribution in [0.25, 0.3) is 0 Å². The molecule has 0 N–H and O–H groups in total.